The number of rotatable bonds is 9. The summed E-state index contributed by atoms with van der Waals surface area (Å²) in [6, 6.07) is 12.3. The molecule has 2 aromatic carbocycles. The Morgan fingerprint density at radius 1 is 1.00 bits per heavy atom. The van der Waals surface area contributed by atoms with Gasteiger partial charge in [0.25, 0.3) is 0 Å². The Hall–Kier alpha value is -2.58. The van der Waals surface area contributed by atoms with Gasteiger partial charge in [-0.05, 0) is 55.2 Å². The molecule has 0 spiro atoms. The molecule has 0 aromatic heterocycles. The molecule has 2 aromatic rings. The van der Waals surface area contributed by atoms with Crippen LogP contribution in [0.1, 0.15) is 36.8 Å². The Kier molecular flexibility index (Phi) is 7.92. The van der Waals surface area contributed by atoms with E-state index in [0.717, 1.165) is 30.4 Å². The van der Waals surface area contributed by atoms with Crippen LogP contribution >= 0.6 is 0 Å². The second-order valence-corrected chi connectivity index (χ2v) is 9.50. The first-order valence-electron chi connectivity index (χ1n) is 10.5. The number of ether oxygens (including phenoxy) is 2. The third-order valence-corrected chi connectivity index (χ3v) is 7.39. The largest absolute Gasteiger partial charge is 0.497 e. The number of methoxy groups -OCH3 is 2. The highest BCUT2D eigenvalue weighted by Crippen LogP contribution is 2.24. The van der Waals surface area contributed by atoms with Gasteiger partial charge in [0.1, 0.15) is 11.5 Å². The van der Waals surface area contributed by atoms with Crippen molar-refractivity contribution in [3.63, 3.8) is 0 Å². The van der Waals surface area contributed by atoms with E-state index >= 15 is 0 Å². The summed E-state index contributed by atoms with van der Waals surface area (Å²) in [5.74, 6) is 1.30. The van der Waals surface area contributed by atoms with E-state index in [1.165, 1.54) is 0 Å². The van der Waals surface area contributed by atoms with E-state index in [0.29, 0.717) is 48.9 Å². The average Bonchev–Trinajstić information content (AvgIpc) is 2.82. The fraction of sp³-hybridized carbons (Fsp3) is 0.435. The monoisotopic (exact) mass is 446 g/mol. The molecule has 3 rings (SSSR count). The number of benzene rings is 2. The lowest BCUT2D eigenvalue weighted by Crippen LogP contribution is -2.35. The number of nitrogens with one attached hydrogen (secondary N) is 1. The summed E-state index contributed by atoms with van der Waals surface area (Å²) in [5.41, 5.74) is 1.76. The van der Waals surface area contributed by atoms with Crippen molar-refractivity contribution in [2.75, 3.05) is 27.3 Å². The third kappa shape index (κ3) is 5.98. The maximum absolute atomic E-state index is 12.7. The number of amides is 1. The number of piperidine rings is 1. The Bertz CT molecular complexity index is 984. The number of sulfonamides is 1. The Morgan fingerprint density at radius 2 is 1.71 bits per heavy atom. The first kappa shape index (κ1) is 23.1. The molecule has 7 nitrogen and oxygen atoms in total. The zero-order valence-electron chi connectivity index (χ0n) is 18.1. The fourth-order valence-electron chi connectivity index (χ4n) is 3.64. The molecule has 8 heteroatoms. The molecule has 0 atom stereocenters. The molecule has 1 aliphatic rings. The lowest BCUT2D eigenvalue weighted by molar-refractivity contribution is -0.121. The highest BCUT2D eigenvalue weighted by molar-refractivity contribution is 7.89. The van der Waals surface area contributed by atoms with Gasteiger partial charge in [0.05, 0.1) is 19.1 Å². The maximum atomic E-state index is 12.7. The van der Waals surface area contributed by atoms with E-state index in [1.54, 1.807) is 54.9 Å². The summed E-state index contributed by atoms with van der Waals surface area (Å²) in [6.45, 7) is 1.51. The smallest absolute Gasteiger partial charge is 0.243 e. The molecule has 0 radical (unpaired) electrons. The molecule has 1 heterocycles. The van der Waals surface area contributed by atoms with Crippen molar-refractivity contribution in [2.45, 2.75) is 43.5 Å². The summed E-state index contributed by atoms with van der Waals surface area (Å²) >= 11 is 0. The second kappa shape index (κ2) is 10.6. The minimum Gasteiger partial charge on any atom is -0.497 e. The van der Waals surface area contributed by atoms with Gasteiger partial charge < -0.3 is 14.8 Å². The van der Waals surface area contributed by atoms with Crippen molar-refractivity contribution in [2.24, 2.45) is 0 Å². The number of carbonyl (C=O) groups excluding carboxylic acids is 1. The molecule has 0 unspecified atom stereocenters. The van der Waals surface area contributed by atoms with Gasteiger partial charge >= 0.3 is 0 Å². The molecule has 0 aliphatic carbocycles. The predicted molar refractivity (Wildman–Crippen MR) is 119 cm³/mol. The Balaban J connectivity index is 1.53. The summed E-state index contributed by atoms with van der Waals surface area (Å²) in [6.07, 6.45) is 3.75. The number of aryl methyl sites for hydroxylation is 1. The van der Waals surface area contributed by atoms with E-state index in [-0.39, 0.29) is 5.91 Å². The van der Waals surface area contributed by atoms with Crippen molar-refractivity contribution in [3.8, 4) is 11.5 Å². The van der Waals surface area contributed by atoms with Gasteiger partial charge in [-0.3, -0.25) is 4.79 Å². The minimum absolute atomic E-state index is 0.0881. The van der Waals surface area contributed by atoms with Gasteiger partial charge in [-0.15, -0.1) is 0 Å². The van der Waals surface area contributed by atoms with Crippen LogP contribution in [-0.2, 0) is 27.8 Å². The molecule has 0 saturated carbocycles. The summed E-state index contributed by atoms with van der Waals surface area (Å²) in [5, 5.41) is 2.90. The average molecular weight is 447 g/mol. The summed E-state index contributed by atoms with van der Waals surface area (Å²) < 4.78 is 37.6. The van der Waals surface area contributed by atoms with Crippen LogP contribution in [0, 0.1) is 0 Å². The van der Waals surface area contributed by atoms with Crippen molar-refractivity contribution in [1.82, 2.24) is 9.62 Å². The summed E-state index contributed by atoms with van der Waals surface area (Å²) in [7, 11) is -0.254. The number of nitrogens with zero attached hydrogens (tertiary/aromatic N) is 1. The normalized spacial score (nSPS) is 14.8. The van der Waals surface area contributed by atoms with Crippen molar-refractivity contribution in [1.29, 1.82) is 0 Å². The first-order chi connectivity index (χ1) is 14.9. The first-order valence-corrected chi connectivity index (χ1v) is 11.9. The third-order valence-electron chi connectivity index (χ3n) is 5.48. The van der Waals surface area contributed by atoms with E-state index in [4.69, 9.17) is 9.47 Å². The lowest BCUT2D eigenvalue weighted by Gasteiger charge is -2.25. The molecule has 31 heavy (non-hydrogen) atoms. The highest BCUT2D eigenvalue weighted by Gasteiger charge is 2.25. The van der Waals surface area contributed by atoms with Gasteiger partial charge in [0.2, 0.25) is 15.9 Å². The zero-order chi connectivity index (χ0) is 22.3. The minimum atomic E-state index is -3.43. The van der Waals surface area contributed by atoms with E-state index in [9.17, 15) is 13.2 Å². The van der Waals surface area contributed by atoms with Crippen molar-refractivity contribution in [3.05, 3.63) is 53.6 Å². The molecule has 1 aliphatic heterocycles. The quantitative estimate of drug-likeness (QED) is 0.640. The van der Waals surface area contributed by atoms with Gasteiger partial charge in [-0.25, -0.2) is 8.42 Å². The fourth-order valence-corrected chi connectivity index (χ4v) is 5.16. The van der Waals surface area contributed by atoms with Gasteiger partial charge in [0.15, 0.2) is 0 Å². The van der Waals surface area contributed by atoms with Crippen molar-refractivity contribution >= 4 is 15.9 Å². The van der Waals surface area contributed by atoms with E-state index < -0.39 is 10.0 Å². The lowest BCUT2D eigenvalue weighted by atomic mass is 10.1. The number of carbonyl (C=O) groups is 1. The highest BCUT2D eigenvalue weighted by atomic mass is 32.2. The second-order valence-electron chi connectivity index (χ2n) is 7.56. The van der Waals surface area contributed by atoms with Crippen LogP contribution in [-0.4, -0.2) is 45.9 Å². The van der Waals surface area contributed by atoms with Crippen LogP contribution in [0.5, 0.6) is 11.5 Å². The standard InChI is InChI=1S/C23H30N2O5S/c1-29-20-9-12-22(30-2)19(16-20)17-24-23(26)13-8-18-6-10-21(11-7-18)31(27,28)25-14-4-3-5-15-25/h6-7,9-12,16H,3-5,8,13-15,17H2,1-2H3,(H,24,26). The molecule has 1 N–H and O–H groups in total. The van der Waals surface area contributed by atoms with Crippen LogP contribution in [0.3, 0.4) is 0 Å². The van der Waals surface area contributed by atoms with Crippen molar-refractivity contribution < 1.29 is 22.7 Å². The Morgan fingerprint density at radius 3 is 2.35 bits per heavy atom. The van der Waals surface area contributed by atoms with Crippen LogP contribution in [0.2, 0.25) is 0 Å². The van der Waals surface area contributed by atoms with Crippen LogP contribution in [0.4, 0.5) is 0 Å². The molecule has 1 saturated heterocycles. The number of hydrogen-bond donors (Lipinski definition) is 1. The van der Waals surface area contributed by atoms with Crippen LogP contribution in [0.15, 0.2) is 47.4 Å². The van der Waals surface area contributed by atoms with E-state index in [2.05, 4.69) is 5.32 Å². The molecule has 1 amide bonds. The molecular formula is C23H30N2O5S. The SMILES string of the molecule is COc1ccc(OC)c(CNC(=O)CCc2ccc(S(=O)(=O)N3CCCCC3)cc2)c1. The Labute approximate surface area is 184 Å². The van der Waals surface area contributed by atoms with Crippen LogP contribution < -0.4 is 14.8 Å². The van der Waals surface area contributed by atoms with Gasteiger partial charge in [-0.1, -0.05) is 18.6 Å². The maximum Gasteiger partial charge on any atom is 0.243 e. The van der Waals surface area contributed by atoms with Gasteiger partial charge in [-0.2, -0.15) is 4.31 Å². The van der Waals surface area contributed by atoms with E-state index in [1.807, 2.05) is 6.07 Å². The molecule has 0 bridgehead atoms. The number of hydrogen-bond acceptors (Lipinski definition) is 5. The molecule has 1 fully saturated rings. The summed E-state index contributed by atoms with van der Waals surface area (Å²) in [4.78, 5) is 12.6. The topological polar surface area (TPSA) is 84.9 Å². The van der Waals surface area contributed by atoms with Crippen LogP contribution in [0.25, 0.3) is 0 Å². The zero-order valence-corrected chi connectivity index (χ0v) is 18.9. The molecular weight excluding hydrogens is 416 g/mol. The molecule has 168 valence electrons. The van der Waals surface area contributed by atoms with Gasteiger partial charge in [0, 0.05) is 31.6 Å². The predicted octanol–water partition coefficient (Wildman–Crippen LogP) is 3.13.